The van der Waals surface area contributed by atoms with Gasteiger partial charge in [-0.15, -0.1) is 0 Å². The van der Waals surface area contributed by atoms with Crippen LogP contribution in [-0.4, -0.2) is 42.9 Å². The molecule has 1 aromatic rings. The van der Waals surface area contributed by atoms with Crippen molar-refractivity contribution in [3.63, 3.8) is 0 Å². The van der Waals surface area contributed by atoms with E-state index in [-0.39, 0.29) is 23.5 Å². The molecule has 1 aliphatic rings. The van der Waals surface area contributed by atoms with Crippen LogP contribution in [0.2, 0.25) is 0 Å². The van der Waals surface area contributed by atoms with Gasteiger partial charge in [-0.3, -0.25) is 9.59 Å². The Kier molecular flexibility index (Phi) is 3.93. The molecule has 0 bridgehead atoms. The predicted octanol–water partition coefficient (Wildman–Crippen LogP) is 1.02. The Morgan fingerprint density at radius 1 is 1.30 bits per heavy atom. The number of nitrogens with zero attached hydrogens (tertiary/aromatic N) is 1. The van der Waals surface area contributed by atoms with Crippen LogP contribution in [0, 0.1) is 5.82 Å². The number of benzene rings is 1. The summed E-state index contributed by atoms with van der Waals surface area (Å²) in [5, 5.41) is 11.1. The molecule has 0 saturated carbocycles. The average molecular weight is 288 g/mol. The second kappa shape index (κ2) is 5.49. The topological polar surface area (TPSA) is 69.6 Å². The summed E-state index contributed by atoms with van der Waals surface area (Å²) in [7, 11) is 0. The summed E-state index contributed by atoms with van der Waals surface area (Å²) in [6, 6.07) is 1.95. The van der Waals surface area contributed by atoms with Crippen molar-refractivity contribution < 1.29 is 27.9 Å². The van der Waals surface area contributed by atoms with Crippen molar-refractivity contribution in [1.29, 1.82) is 0 Å². The molecule has 0 radical (unpaired) electrons. The number of aliphatic hydroxyl groups excluding tert-OH is 1. The first kappa shape index (κ1) is 14.3. The number of nitrogens with one attached hydrogen (secondary N) is 1. The minimum Gasteiger partial charge on any atom is -0.395 e. The summed E-state index contributed by atoms with van der Waals surface area (Å²) in [5.41, 5.74) is -0.251. The summed E-state index contributed by atoms with van der Waals surface area (Å²) in [6.45, 7) is -1.39. The Hall–Kier alpha value is -2.09. The van der Waals surface area contributed by atoms with Gasteiger partial charge in [0.2, 0.25) is 0 Å². The smallest absolute Gasteiger partial charge is 0.296 e. The quantitative estimate of drug-likeness (QED) is 0.794. The normalized spacial score (nSPS) is 13.7. The van der Waals surface area contributed by atoms with Crippen LogP contribution in [0.1, 0.15) is 10.4 Å². The number of fused-ring (bicyclic) bond motifs is 1. The maximum Gasteiger partial charge on any atom is 0.296 e. The molecule has 0 aromatic heterocycles. The Balaban J connectivity index is 2.39. The van der Waals surface area contributed by atoms with Gasteiger partial charge in [0.05, 0.1) is 30.1 Å². The number of rotatable bonds is 5. The maximum atomic E-state index is 13.9. The standard InChI is InChI=1S/C12H11F3N2O3/c13-7-3-6-8(16-12(20)11(6)19)4-9(7)17(1-2-18)5-10(14)15/h3-4,10,18H,1-2,5H2,(H,16,19,20). The Labute approximate surface area is 112 Å². The minimum absolute atomic E-state index is 0.0774. The summed E-state index contributed by atoms with van der Waals surface area (Å²) in [5.74, 6) is -2.66. The molecular weight excluding hydrogens is 277 g/mol. The zero-order valence-corrected chi connectivity index (χ0v) is 10.2. The van der Waals surface area contributed by atoms with E-state index in [9.17, 15) is 22.8 Å². The first-order chi connectivity index (χ1) is 9.43. The lowest BCUT2D eigenvalue weighted by Crippen LogP contribution is -2.32. The third-order valence-corrected chi connectivity index (χ3v) is 2.86. The number of ketones is 1. The zero-order chi connectivity index (χ0) is 14.9. The largest absolute Gasteiger partial charge is 0.395 e. The van der Waals surface area contributed by atoms with Crippen LogP contribution in [0.4, 0.5) is 24.5 Å². The van der Waals surface area contributed by atoms with E-state index in [0.29, 0.717) is 0 Å². The first-order valence-corrected chi connectivity index (χ1v) is 5.77. The van der Waals surface area contributed by atoms with Gasteiger partial charge in [-0.2, -0.15) is 0 Å². The van der Waals surface area contributed by atoms with E-state index in [2.05, 4.69) is 5.32 Å². The molecule has 0 unspecified atom stereocenters. The molecule has 0 spiro atoms. The number of Topliss-reactive ketones (excluding diaryl/α,β-unsaturated/α-hetero) is 1. The van der Waals surface area contributed by atoms with Gasteiger partial charge < -0.3 is 15.3 Å². The van der Waals surface area contributed by atoms with Crippen molar-refractivity contribution in [2.24, 2.45) is 0 Å². The Bertz CT molecular complexity index is 563. The van der Waals surface area contributed by atoms with Gasteiger partial charge in [-0.05, 0) is 12.1 Å². The van der Waals surface area contributed by atoms with Crippen molar-refractivity contribution >= 4 is 23.1 Å². The molecule has 1 amide bonds. The third-order valence-electron chi connectivity index (χ3n) is 2.86. The van der Waals surface area contributed by atoms with E-state index in [1.54, 1.807) is 0 Å². The average Bonchev–Trinajstić information content (AvgIpc) is 2.64. The number of carbonyl (C=O) groups is 2. The van der Waals surface area contributed by atoms with E-state index >= 15 is 0 Å². The van der Waals surface area contributed by atoms with Gasteiger partial charge >= 0.3 is 0 Å². The number of aliphatic hydroxyl groups is 1. The molecule has 0 saturated heterocycles. The number of halogens is 3. The molecule has 0 aliphatic carbocycles. The molecule has 0 atom stereocenters. The highest BCUT2D eigenvalue weighted by molar-refractivity contribution is 6.51. The van der Waals surface area contributed by atoms with E-state index in [1.807, 2.05) is 0 Å². The van der Waals surface area contributed by atoms with Gasteiger partial charge in [-0.1, -0.05) is 0 Å². The van der Waals surface area contributed by atoms with Crippen LogP contribution < -0.4 is 10.2 Å². The van der Waals surface area contributed by atoms with Crippen molar-refractivity contribution in [3.8, 4) is 0 Å². The highest BCUT2D eigenvalue weighted by Crippen LogP contribution is 2.31. The summed E-state index contributed by atoms with van der Waals surface area (Å²) >= 11 is 0. The van der Waals surface area contributed by atoms with Crippen LogP contribution in [0.3, 0.4) is 0 Å². The van der Waals surface area contributed by atoms with Crippen molar-refractivity contribution in [3.05, 3.63) is 23.5 Å². The second-order valence-corrected chi connectivity index (χ2v) is 4.19. The van der Waals surface area contributed by atoms with Gasteiger partial charge in [0.25, 0.3) is 18.1 Å². The molecule has 8 heteroatoms. The lowest BCUT2D eigenvalue weighted by Gasteiger charge is -2.24. The van der Waals surface area contributed by atoms with Gasteiger partial charge in [0, 0.05) is 6.54 Å². The number of alkyl halides is 2. The summed E-state index contributed by atoms with van der Waals surface area (Å²) in [6.07, 6.45) is -2.72. The fraction of sp³-hybridized carbons (Fsp3) is 0.333. The maximum absolute atomic E-state index is 13.9. The van der Waals surface area contributed by atoms with E-state index in [0.717, 1.165) is 17.0 Å². The van der Waals surface area contributed by atoms with Crippen molar-refractivity contribution in [1.82, 2.24) is 0 Å². The number of carbonyl (C=O) groups excluding carboxylic acids is 2. The fourth-order valence-corrected chi connectivity index (χ4v) is 1.99. The van der Waals surface area contributed by atoms with Crippen LogP contribution in [0.25, 0.3) is 0 Å². The molecule has 1 heterocycles. The predicted molar refractivity (Wildman–Crippen MR) is 64.7 cm³/mol. The summed E-state index contributed by atoms with van der Waals surface area (Å²) < 4.78 is 38.8. The van der Waals surface area contributed by atoms with Crippen LogP contribution in [0.5, 0.6) is 0 Å². The van der Waals surface area contributed by atoms with Crippen molar-refractivity contribution in [2.45, 2.75) is 6.43 Å². The molecule has 5 nitrogen and oxygen atoms in total. The fourth-order valence-electron chi connectivity index (χ4n) is 1.99. The highest BCUT2D eigenvalue weighted by Gasteiger charge is 2.30. The molecule has 0 fully saturated rings. The second-order valence-electron chi connectivity index (χ2n) is 4.19. The van der Waals surface area contributed by atoms with Crippen molar-refractivity contribution in [2.75, 3.05) is 29.9 Å². The molecule has 108 valence electrons. The number of hydrogen-bond acceptors (Lipinski definition) is 4. The highest BCUT2D eigenvalue weighted by atomic mass is 19.3. The van der Waals surface area contributed by atoms with Crippen LogP contribution in [-0.2, 0) is 4.79 Å². The molecule has 1 aromatic carbocycles. The van der Waals surface area contributed by atoms with E-state index < -0.39 is 37.1 Å². The van der Waals surface area contributed by atoms with Gasteiger partial charge in [0.15, 0.2) is 0 Å². The lowest BCUT2D eigenvalue weighted by molar-refractivity contribution is -0.112. The number of amides is 1. The molecular formula is C12H11F3N2O3. The van der Waals surface area contributed by atoms with Crippen LogP contribution >= 0.6 is 0 Å². The molecule has 20 heavy (non-hydrogen) atoms. The van der Waals surface area contributed by atoms with Gasteiger partial charge in [0.1, 0.15) is 5.82 Å². The zero-order valence-electron chi connectivity index (χ0n) is 10.2. The molecule has 1 aliphatic heterocycles. The molecule has 2 rings (SSSR count). The number of anilines is 2. The Morgan fingerprint density at radius 3 is 2.60 bits per heavy atom. The van der Waals surface area contributed by atoms with Gasteiger partial charge in [-0.25, -0.2) is 13.2 Å². The molecule has 2 N–H and O–H groups in total. The van der Waals surface area contributed by atoms with Crippen LogP contribution in [0.15, 0.2) is 12.1 Å². The SMILES string of the molecule is O=C1Nc2cc(N(CCO)CC(F)F)c(F)cc2C1=O. The van der Waals surface area contributed by atoms with E-state index in [4.69, 9.17) is 5.11 Å². The lowest BCUT2D eigenvalue weighted by atomic mass is 10.1. The summed E-state index contributed by atoms with van der Waals surface area (Å²) in [4.78, 5) is 23.5. The minimum atomic E-state index is -2.72. The monoisotopic (exact) mass is 288 g/mol. The third kappa shape index (κ3) is 2.60. The van der Waals surface area contributed by atoms with E-state index in [1.165, 1.54) is 0 Å². The number of hydrogen-bond donors (Lipinski definition) is 2. The Morgan fingerprint density at radius 2 is 2.00 bits per heavy atom. The first-order valence-electron chi connectivity index (χ1n) is 5.77.